The molecule has 0 aromatic heterocycles. The van der Waals surface area contributed by atoms with Crippen molar-refractivity contribution in [3.63, 3.8) is 0 Å². The number of anilines is 1. The quantitative estimate of drug-likeness (QED) is 0.811. The lowest BCUT2D eigenvalue weighted by atomic mass is 10.3. The Balaban J connectivity index is 2.78. The van der Waals surface area contributed by atoms with Gasteiger partial charge in [0.15, 0.2) is 0 Å². The van der Waals surface area contributed by atoms with Gasteiger partial charge in [-0.15, -0.1) is 0 Å². The van der Waals surface area contributed by atoms with Crippen molar-refractivity contribution in [3.05, 3.63) is 24.0 Å². The summed E-state index contributed by atoms with van der Waals surface area (Å²) in [4.78, 5) is 13.0. The maximum atomic E-state index is 13.7. The van der Waals surface area contributed by atoms with E-state index in [9.17, 15) is 17.6 Å². The van der Waals surface area contributed by atoms with Crippen LogP contribution in [0.4, 0.5) is 10.1 Å². The number of nitrogens with one attached hydrogen (secondary N) is 1. The number of hydrogen-bond donors (Lipinski definition) is 2. The highest BCUT2D eigenvalue weighted by Gasteiger charge is 2.13. The van der Waals surface area contributed by atoms with E-state index >= 15 is 0 Å². The number of nitrogens with zero attached hydrogens (tertiary/aromatic N) is 1. The summed E-state index contributed by atoms with van der Waals surface area (Å²) in [5.41, 5.74) is 0.0536. The van der Waals surface area contributed by atoms with Gasteiger partial charge in [0.05, 0.1) is 17.1 Å². The standard InChI is InChI=1S/C12H18FN3O3S/c1-3-16(4-2)12(17)8-15-11-6-5-9(7-10(11)13)20(14,18)19/h5-7,15H,3-4,8H2,1-2H3,(H2,14,18,19). The number of amides is 1. The summed E-state index contributed by atoms with van der Waals surface area (Å²) in [5, 5.41) is 7.54. The van der Waals surface area contributed by atoms with Gasteiger partial charge in [-0.2, -0.15) is 0 Å². The number of carbonyl (C=O) groups excluding carboxylic acids is 1. The molecule has 0 unspecified atom stereocenters. The topological polar surface area (TPSA) is 92.5 Å². The molecule has 0 spiro atoms. The molecular weight excluding hydrogens is 285 g/mol. The summed E-state index contributed by atoms with van der Waals surface area (Å²) < 4.78 is 35.8. The molecule has 6 nitrogen and oxygen atoms in total. The smallest absolute Gasteiger partial charge is 0.241 e. The van der Waals surface area contributed by atoms with E-state index in [1.165, 1.54) is 12.1 Å². The lowest BCUT2D eigenvalue weighted by Crippen LogP contribution is -2.35. The zero-order valence-electron chi connectivity index (χ0n) is 11.4. The Morgan fingerprint density at radius 2 is 1.95 bits per heavy atom. The average Bonchev–Trinajstić information content (AvgIpc) is 2.37. The number of halogens is 1. The molecule has 20 heavy (non-hydrogen) atoms. The molecule has 0 aliphatic carbocycles. The van der Waals surface area contributed by atoms with Crippen LogP contribution in [0.25, 0.3) is 0 Å². The molecule has 1 rings (SSSR count). The first-order chi connectivity index (χ1) is 9.29. The van der Waals surface area contributed by atoms with Gasteiger partial charge < -0.3 is 10.2 Å². The van der Waals surface area contributed by atoms with E-state index in [1.54, 1.807) is 4.90 Å². The van der Waals surface area contributed by atoms with E-state index in [2.05, 4.69) is 5.32 Å². The highest BCUT2D eigenvalue weighted by Crippen LogP contribution is 2.17. The molecule has 0 radical (unpaired) electrons. The largest absolute Gasteiger partial charge is 0.374 e. The Kier molecular flexibility index (Phi) is 5.46. The van der Waals surface area contributed by atoms with Crippen LogP contribution >= 0.6 is 0 Å². The lowest BCUT2D eigenvalue weighted by molar-refractivity contribution is -0.128. The molecule has 0 saturated heterocycles. The first-order valence-corrected chi connectivity index (χ1v) is 7.68. The minimum atomic E-state index is -3.94. The van der Waals surface area contributed by atoms with Crippen molar-refractivity contribution in [2.75, 3.05) is 25.0 Å². The number of benzene rings is 1. The van der Waals surface area contributed by atoms with Gasteiger partial charge in [0, 0.05) is 13.1 Å². The monoisotopic (exact) mass is 303 g/mol. The number of rotatable bonds is 6. The molecule has 112 valence electrons. The molecule has 0 aliphatic rings. The fourth-order valence-corrected chi connectivity index (χ4v) is 2.20. The maximum Gasteiger partial charge on any atom is 0.241 e. The first kappa shape index (κ1) is 16.4. The number of sulfonamides is 1. The van der Waals surface area contributed by atoms with Crippen molar-refractivity contribution in [2.24, 2.45) is 5.14 Å². The maximum absolute atomic E-state index is 13.7. The number of hydrogen-bond acceptors (Lipinski definition) is 4. The second-order valence-electron chi connectivity index (χ2n) is 4.11. The van der Waals surface area contributed by atoms with Gasteiger partial charge >= 0.3 is 0 Å². The third-order valence-corrected chi connectivity index (χ3v) is 3.73. The fraction of sp³-hybridized carbons (Fsp3) is 0.417. The van der Waals surface area contributed by atoms with Crippen molar-refractivity contribution in [3.8, 4) is 0 Å². The minimum absolute atomic E-state index is 0.0536. The Morgan fingerprint density at radius 1 is 1.35 bits per heavy atom. The van der Waals surface area contributed by atoms with E-state index in [0.29, 0.717) is 13.1 Å². The SMILES string of the molecule is CCN(CC)C(=O)CNc1ccc(S(N)(=O)=O)cc1F. The summed E-state index contributed by atoms with van der Waals surface area (Å²) in [6.07, 6.45) is 0. The fourth-order valence-electron chi connectivity index (χ4n) is 1.68. The highest BCUT2D eigenvalue weighted by molar-refractivity contribution is 7.89. The number of primary sulfonamides is 1. The van der Waals surface area contributed by atoms with Crippen LogP contribution < -0.4 is 10.5 Å². The van der Waals surface area contributed by atoms with Crippen molar-refractivity contribution in [1.29, 1.82) is 0 Å². The van der Waals surface area contributed by atoms with Gasteiger partial charge in [-0.3, -0.25) is 4.79 Å². The van der Waals surface area contributed by atoms with Crippen LogP contribution in [0.5, 0.6) is 0 Å². The molecular formula is C12H18FN3O3S. The normalized spacial score (nSPS) is 11.2. The number of nitrogens with two attached hydrogens (primary N) is 1. The summed E-state index contributed by atoms with van der Waals surface area (Å²) in [5.74, 6) is -0.936. The molecule has 8 heteroatoms. The molecule has 0 heterocycles. The molecule has 0 bridgehead atoms. The van der Waals surface area contributed by atoms with Gasteiger partial charge in [-0.1, -0.05) is 0 Å². The van der Waals surface area contributed by atoms with Crippen LogP contribution in [0.1, 0.15) is 13.8 Å². The van der Waals surface area contributed by atoms with Gasteiger partial charge in [0.25, 0.3) is 0 Å². The van der Waals surface area contributed by atoms with Crippen molar-refractivity contribution in [2.45, 2.75) is 18.7 Å². The Labute approximate surface area is 117 Å². The van der Waals surface area contributed by atoms with Crippen LogP contribution in [-0.2, 0) is 14.8 Å². The zero-order valence-corrected chi connectivity index (χ0v) is 12.2. The van der Waals surface area contributed by atoms with E-state index in [0.717, 1.165) is 6.07 Å². The molecule has 0 atom stereocenters. The van der Waals surface area contributed by atoms with E-state index in [4.69, 9.17) is 5.14 Å². The predicted molar refractivity (Wildman–Crippen MR) is 74.2 cm³/mol. The van der Waals surface area contributed by atoms with Crippen LogP contribution in [-0.4, -0.2) is 38.9 Å². The Bertz CT molecular complexity index is 586. The van der Waals surface area contributed by atoms with Gasteiger partial charge in [0.1, 0.15) is 5.82 Å². The highest BCUT2D eigenvalue weighted by atomic mass is 32.2. The summed E-state index contributed by atoms with van der Waals surface area (Å²) in [6, 6.07) is 3.24. The minimum Gasteiger partial charge on any atom is -0.374 e. The van der Waals surface area contributed by atoms with E-state index < -0.39 is 15.8 Å². The van der Waals surface area contributed by atoms with Crippen molar-refractivity contribution in [1.82, 2.24) is 4.90 Å². The molecule has 1 aromatic rings. The zero-order chi connectivity index (χ0) is 15.3. The van der Waals surface area contributed by atoms with E-state index in [1.807, 2.05) is 13.8 Å². The van der Waals surface area contributed by atoms with Gasteiger partial charge in [0.2, 0.25) is 15.9 Å². The molecule has 0 aliphatic heterocycles. The van der Waals surface area contributed by atoms with E-state index in [-0.39, 0.29) is 23.0 Å². The number of carbonyl (C=O) groups is 1. The van der Waals surface area contributed by atoms with Gasteiger partial charge in [-0.25, -0.2) is 17.9 Å². The summed E-state index contributed by atoms with van der Waals surface area (Å²) in [6.45, 7) is 4.78. The number of likely N-dealkylation sites (N-methyl/N-ethyl adjacent to an activating group) is 1. The second kappa shape index (κ2) is 6.67. The van der Waals surface area contributed by atoms with Crippen LogP contribution in [0.15, 0.2) is 23.1 Å². The Hall–Kier alpha value is -1.67. The summed E-state index contributed by atoms with van der Waals surface area (Å²) >= 11 is 0. The van der Waals surface area contributed by atoms with Crippen LogP contribution in [0.3, 0.4) is 0 Å². The lowest BCUT2D eigenvalue weighted by Gasteiger charge is -2.19. The molecule has 1 aromatic carbocycles. The average molecular weight is 303 g/mol. The predicted octanol–water partition coefficient (Wildman–Crippen LogP) is 0.753. The molecule has 0 fully saturated rings. The van der Waals surface area contributed by atoms with Crippen molar-refractivity contribution >= 4 is 21.6 Å². The van der Waals surface area contributed by atoms with Crippen LogP contribution in [0.2, 0.25) is 0 Å². The molecule has 3 N–H and O–H groups in total. The third-order valence-electron chi connectivity index (χ3n) is 2.82. The third kappa shape index (κ3) is 4.17. The molecule has 1 amide bonds. The summed E-state index contributed by atoms with van der Waals surface area (Å²) in [7, 11) is -3.94. The first-order valence-electron chi connectivity index (χ1n) is 6.13. The Morgan fingerprint density at radius 3 is 2.40 bits per heavy atom. The van der Waals surface area contributed by atoms with Crippen molar-refractivity contribution < 1.29 is 17.6 Å². The second-order valence-corrected chi connectivity index (χ2v) is 5.67. The van der Waals surface area contributed by atoms with Gasteiger partial charge in [-0.05, 0) is 32.0 Å². The molecule has 0 saturated carbocycles. The van der Waals surface area contributed by atoms with Crippen LogP contribution in [0, 0.1) is 5.82 Å².